The van der Waals surface area contributed by atoms with Crippen LogP contribution in [-0.2, 0) is 0 Å². The maximum Gasteiger partial charge on any atom is 0.133 e. The van der Waals surface area contributed by atoms with Gasteiger partial charge < -0.3 is 0 Å². The first kappa shape index (κ1) is 22.3. The van der Waals surface area contributed by atoms with Crippen LogP contribution in [0.1, 0.15) is 56.6 Å². The Morgan fingerprint density at radius 3 is 1.84 bits per heavy atom. The number of hydrogen-bond acceptors (Lipinski definition) is 0. The average Bonchev–Trinajstić information content (AvgIpc) is 2.76. The normalized spacial score (nSPS) is 18.9. The van der Waals surface area contributed by atoms with Gasteiger partial charge in [0.25, 0.3) is 0 Å². The minimum absolute atomic E-state index is 0.0620. The van der Waals surface area contributed by atoms with E-state index in [1.54, 1.807) is 25.1 Å². The molecule has 0 atom stereocenters. The third kappa shape index (κ3) is 4.50. The monoisotopic (exact) mass is 438 g/mol. The lowest BCUT2D eigenvalue weighted by molar-refractivity contribution is 0.347. The summed E-state index contributed by atoms with van der Waals surface area (Å²) in [6, 6.07) is 11.6. The first-order chi connectivity index (χ1) is 15.4. The summed E-state index contributed by atoms with van der Waals surface area (Å²) < 4.78 is 58.3. The first-order valence-corrected chi connectivity index (χ1v) is 11.1. The van der Waals surface area contributed by atoms with Gasteiger partial charge >= 0.3 is 0 Å². The quantitative estimate of drug-likeness (QED) is 0.357. The highest BCUT2D eigenvalue weighted by Gasteiger charge is 2.21. The summed E-state index contributed by atoms with van der Waals surface area (Å²) >= 11 is 0. The van der Waals surface area contributed by atoms with Crippen molar-refractivity contribution < 1.29 is 17.6 Å². The van der Waals surface area contributed by atoms with Crippen molar-refractivity contribution >= 4 is 6.08 Å². The van der Waals surface area contributed by atoms with Gasteiger partial charge in [0, 0.05) is 16.7 Å². The fraction of sp³-hybridized carbons (Fsp3) is 0.286. The Hall–Kier alpha value is -2.88. The van der Waals surface area contributed by atoms with Crippen molar-refractivity contribution in [3.05, 3.63) is 89.0 Å². The molecule has 3 aromatic carbocycles. The first-order valence-electron chi connectivity index (χ1n) is 11.1. The standard InChI is InChI=1S/C28H26F4/c1-3-4-24-27(31)15-21(16-28(24)32)23-12-10-20(14-26(23)30)22-11-9-19(13-25(22)29)18-7-5-17(2)6-8-18/h3-4,9-18H,5-8H2,1-2H3/b4-3+. The summed E-state index contributed by atoms with van der Waals surface area (Å²) in [5, 5.41) is 0. The van der Waals surface area contributed by atoms with Crippen molar-refractivity contribution in [1.29, 1.82) is 0 Å². The third-order valence-electron chi connectivity index (χ3n) is 6.48. The second-order valence-electron chi connectivity index (χ2n) is 8.74. The van der Waals surface area contributed by atoms with Crippen LogP contribution in [0.25, 0.3) is 28.3 Å². The van der Waals surface area contributed by atoms with Crippen molar-refractivity contribution in [2.24, 2.45) is 5.92 Å². The molecule has 0 aromatic heterocycles. The van der Waals surface area contributed by atoms with Crippen LogP contribution in [0.4, 0.5) is 17.6 Å². The van der Waals surface area contributed by atoms with Crippen molar-refractivity contribution in [2.75, 3.05) is 0 Å². The summed E-state index contributed by atoms with van der Waals surface area (Å²) in [7, 11) is 0. The summed E-state index contributed by atoms with van der Waals surface area (Å²) in [4.78, 5) is 0. The molecule has 0 nitrogen and oxygen atoms in total. The SMILES string of the molecule is C/C=C/c1c(F)cc(-c2ccc(-c3ccc(C4CCC(C)CC4)cc3F)cc2F)cc1F. The van der Waals surface area contributed by atoms with Crippen LogP contribution in [0.15, 0.2) is 54.6 Å². The molecule has 3 aromatic rings. The van der Waals surface area contributed by atoms with Gasteiger partial charge in [-0.3, -0.25) is 0 Å². The van der Waals surface area contributed by atoms with Gasteiger partial charge in [-0.15, -0.1) is 0 Å². The predicted molar refractivity (Wildman–Crippen MR) is 122 cm³/mol. The Kier molecular flexibility index (Phi) is 6.50. The van der Waals surface area contributed by atoms with E-state index in [2.05, 4.69) is 6.92 Å². The van der Waals surface area contributed by atoms with Gasteiger partial charge in [-0.25, -0.2) is 17.6 Å². The molecular formula is C28H26F4. The van der Waals surface area contributed by atoms with E-state index < -0.39 is 17.5 Å². The van der Waals surface area contributed by atoms with Crippen LogP contribution >= 0.6 is 0 Å². The lowest BCUT2D eigenvalue weighted by Gasteiger charge is -2.26. The second-order valence-corrected chi connectivity index (χ2v) is 8.74. The van der Waals surface area contributed by atoms with E-state index in [-0.39, 0.29) is 22.5 Å². The van der Waals surface area contributed by atoms with E-state index in [9.17, 15) is 17.6 Å². The Morgan fingerprint density at radius 2 is 1.25 bits per heavy atom. The Balaban J connectivity index is 1.63. The van der Waals surface area contributed by atoms with E-state index in [4.69, 9.17) is 0 Å². The van der Waals surface area contributed by atoms with Crippen LogP contribution in [0, 0.1) is 29.2 Å². The molecule has 0 heterocycles. The van der Waals surface area contributed by atoms with Crippen LogP contribution in [-0.4, -0.2) is 0 Å². The second kappa shape index (κ2) is 9.32. The molecule has 32 heavy (non-hydrogen) atoms. The van der Waals surface area contributed by atoms with Crippen LogP contribution < -0.4 is 0 Å². The largest absolute Gasteiger partial charge is 0.206 e. The molecule has 4 rings (SSSR count). The fourth-order valence-corrected chi connectivity index (χ4v) is 4.60. The van der Waals surface area contributed by atoms with Crippen molar-refractivity contribution in [1.82, 2.24) is 0 Å². The minimum Gasteiger partial charge on any atom is -0.206 e. The molecule has 0 saturated heterocycles. The maximum absolute atomic E-state index is 14.9. The van der Waals surface area contributed by atoms with E-state index >= 15 is 0 Å². The van der Waals surface area contributed by atoms with Crippen LogP contribution in [0.2, 0.25) is 0 Å². The molecule has 1 saturated carbocycles. The number of rotatable bonds is 4. The zero-order chi connectivity index (χ0) is 22.8. The minimum atomic E-state index is -0.764. The van der Waals surface area contributed by atoms with E-state index in [1.165, 1.54) is 24.3 Å². The summed E-state index contributed by atoms with van der Waals surface area (Å²) in [5.74, 6) is -1.49. The van der Waals surface area contributed by atoms with Crippen molar-refractivity contribution in [2.45, 2.75) is 45.4 Å². The van der Waals surface area contributed by atoms with Crippen molar-refractivity contribution in [3.63, 3.8) is 0 Å². The van der Waals surface area contributed by atoms with Crippen molar-refractivity contribution in [3.8, 4) is 22.3 Å². The Labute approximate surface area is 186 Å². The molecule has 0 aliphatic heterocycles. The highest BCUT2D eigenvalue weighted by atomic mass is 19.1. The Morgan fingerprint density at radius 1 is 0.688 bits per heavy atom. The highest BCUT2D eigenvalue weighted by Crippen LogP contribution is 2.37. The topological polar surface area (TPSA) is 0 Å². The molecule has 0 N–H and O–H groups in total. The molecule has 0 bridgehead atoms. The van der Waals surface area contributed by atoms with Gasteiger partial charge in [0.1, 0.15) is 23.3 Å². The predicted octanol–water partition coefficient (Wildman–Crippen LogP) is 8.90. The van der Waals surface area contributed by atoms with E-state index in [1.807, 2.05) is 6.07 Å². The summed E-state index contributed by atoms with van der Waals surface area (Å²) in [5.41, 5.74) is 1.68. The number of halogens is 4. The highest BCUT2D eigenvalue weighted by molar-refractivity contribution is 5.72. The maximum atomic E-state index is 14.9. The van der Waals surface area contributed by atoms with Gasteiger partial charge in [-0.1, -0.05) is 56.2 Å². The number of benzene rings is 3. The van der Waals surface area contributed by atoms with Gasteiger partial charge in [-0.2, -0.15) is 0 Å². The molecule has 0 spiro atoms. The van der Waals surface area contributed by atoms with Crippen LogP contribution in [0.5, 0.6) is 0 Å². The zero-order valence-electron chi connectivity index (χ0n) is 18.3. The van der Waals surface area contributed by atoms with Gasteiger partial charge in [0.15, 0.2) is 0 Å². The summed E-state index contributed by atoms with van der Waals surface area (Å²) in [6.07, 6.45) is 7.28. The molecule has 166 valence electrons. The van der Waals surface area contributed by atoms with E-state index in [0.29, 0.717) is 17.0 Å². The molecule has 0 unspecified atom stereocenters. The average molecular weight is 439 g/mol. The zero-order valence-corrected chi connectivity index (χ0v) is 18.3. The number of allylic oxidation sites excluding steroid dienone is 1. The molecule has 1 aliphatic rings. The Bertz CT molecular complexity index is 1130. The molecule has 1 fully saturated rings. The van der Waals surface area contributed by atoms with Gasteiger partial charge in [0.2, 0.25) is 0 Å². The fourth-order valence-electron chi connectivity index (χ4n) is 4.60. The van der Waals surface area contributed by atoms with Gasteiger partial charge in [0.05, 0.1) is 0 Å². The lowest BCUT2D eigenvalue weighted by atomic mass is 9.79. The molecule has 1 aliphatic carbocycles. The third-order valence-corrected chi connectivity index (χ3v) is 6.48. The molecule has 0 amide bonds. The van der Waals surface area contributed by atoms with Crippen LogP contribution in [0.3, 0.4) is 0 Å². The summed E-state index contributed by atoms with van der Waals surface area (Å²) in [6.45, 7) is 3.91. The lowest BCUT2D eigenvalue weighted by Crippen LogP contribution is -2.11. The smallest absolute Gasteiger partial charge is 0.133 e. The van der Waals surface area contributed by atoms with Gasteiger partial charge in [-0.05, 0) is 72.6 Å². The number of hydrogen-bond donors (Lipinski definition) is 0. The molecule has 0 radical (unpaired) electrons. The molecular weight excluding hydrogens is 412 g/mol. The van der Waals surface area contributed by atoms with E-state index in [0.717, 1.165) is 49.3 Å². The molecule has 4 heteroatoms.